The Bertz CT molecular complexity index is 680. The van der Waals surface area contributed by atoms with E-state index in [1.165, 1.54) is 6.07 Å². The molecule has 0 bridgehead atoms. The molecule has 0 saturated heterocycles. The number of benzene rings is 1. The van der Waals surface area contributed by atoms with Crippen molar-refractivity contribution in [2.24, 2.45) is 0 Å². The number of nitrogen functional groups attached to an aromatic ring is 1. The average molecular weight is 294 g/mol. The number of nitrogens with zero attached hydrogens (tertiary/aromatic N) is 1. The molecule has 1 heterocycles. The third-order valence-electron chi connectivity index (χ3n) is 3.11. The molecule has 0 aliphatic heterocycles. The molecule has 0 radical (unpaired) electrons. The number of nitrogens with two attached hydrogens (primary N) is 1. The van der Waals surface area contributed by atoms with Crippen LogP contribution in [-0.4, -0.2) is 18.4 Å². The number of anilines is 1. The average Bonchev–Trinajstić information content (AvgIpc) is 2.93. The molecule has 1 atom stereocenters. The number of hydrogen-bond acceptors (Lipinski definition) is 4. The molecule has 0 aliphatic carbocycles. The first-order chi connectivity index (χ1) is 9.44. The van der Waals surface area contributed by atoms with Gasteiger partial charge in [0.2, 0.25) is 10.0 Å². The van der Waals surface area contributed by atoms with Crippen LogP contribution in [0.2, 0.25) is 0 Å². The van der Waals surface area contributed by atoms with Crippen molar-refractivity contribution in [3.8, 4) is 0 Å². The van der Waals surface area contributed by atoms with Gasteiger partial charge < -0.3 is 10.7 Å². The lowest BCUT2D eigenvalue weighted by atomic mass is 10.2. The Morgan fingerprint density at radius 2 is 2.20 bits per heavy atom. The lowest BCUT2D eigenvalue weighted by Gasteiger charge is -2.15. The largest absolute Gasteiger partial charge is 0.399 e. The fraction of sp³-hybridized carbons (Fsp3) is 0.308. The Balaban J connectivity index is 2.28. The van der Waals surface area contributed by atoms with Gasteiger partial charge in [0.05, 0.1) is 10.9 Å². The van der Waals surface area contributed by atoms with Gasteiger partial charge in [-0.1, -0.05) is 6.92 Å². The lowest BCUT2D eigenvalue weighted by molar-refractivity contribution is 0.539. The number of sulfonamides is 1. The molecule has 1 aromatic heterocycles. The fourth-order valence-corrected chi connectivity index (χ4v) is 3.24. The van der Waals surface area contributed by atoms with Crippen molar-refractivity contribution in [3.05, 3.63) is 42.0 Å². The van der Waals surface area contributed by atoms with Gasteiger partial charge in [0.1, 0.15) is 5.82 Å². The summed E-state index contributed by atoms with van der Waals surface area (Å²) in [6, 6.07) is 4.27. The van der Waals surface area contributed by atoms with Crippen LogP contribution in [0.15, 0.2) is 35.5 Å². The van der Waals surface area contributed by atoms with Crippen molar-refractivity contribution in [3.63, 3.8) is 0 Å². The highest BCUT2D eigenvalue weighted by atomic mass is 32.2. The van der Waals surface area contributed by atoms with E-state index in [0.29, 0.717) is 17.9 Å². The van der Waals surface area contributed by atoms with Gasteiger partial charge in [-0.3, -0.25) is 0 Å². The Morgan fingerprint density at radius 1 is 1.45 bits per heavy atom. The summed E-state index contributed by atoms with van der Waals surface area (Å²) in [6.45, 7) is 3.67. The second kappa shape index (κ2) is 5.64. The summed E-state index contributed by atoms with van der Waals surface area (Å²) in [6.07, 6.45) is 3.86. The molecule has 1 unspecified atom stereocenters. The van der Waals surface area contributed by atoms with E-state index in [-0.39, 0.29) is 10.9 Å². The van der Waals surface area contributed by atoms with Crippen LogP contribution >= 0.6 is 0 Å². The van der Waals surface area contributed by atoms with Crippen molar-refractivity contribution in [2.45, 2.75) is 31.2 Å². The zero-order chi connectivity index (χ0) is 14.8. The SMILES string of the molecule is CCC(NS(=O)(=O)c1ccc(N)c(C)c1)c1ncc[nH]1. The normalized spacial score (nSPS) is 13.3. The van der Waals surface area contributed by atoms with Crippen LogP contribution in [0.5, 0.6) is 0 Å². The Labute approximate surface area is 118 Å². The van der Waals surface area contributed by atoms with Crippen molar-refractivity contribution < 1.29 is 8.42 Å². The second-order valence-corrected chi connectivity index (χ2v) is 6.29. The predicted molar refractivity (Wildman–Crippen MR) is 77.5 cm³/mol. The summed E-state index contributed by atoms with van der Waals surface area (Å²) in [4.78, 5) is 7.22. The zero-order valence-electron chi connectivity index (χ0n) is 11.4. The maximum atomic E-state index is 12.4. The predicted octanol–water partition coefficient (Wildman–Crippen LogP) is 1.73. The number of nitrogens with one attached hydrogen (secondary N) is 2. The molecule has 4 N–H and O–H groups in total. The van der Waals surface area contributed by atoms with E-state index in [9.17, 15) is 8.42 Å². The summed E-state index contributed by atoms with van der Waals surface area (Å²) >= 11 is 0. The van der Waals surface area contributed by atoms with Gasteiger partial charge in [-0.25, -0.2) is 18.1 Å². The van der Waals surface area contributed by atoms with Crippen LogP contribution in [0.1, 0.15) is 30.8 Å². The van der Waals surface area contributed by atoms with Crippen molar-refractivity contribution >= 4 is 15.7 Å². The topological polar surface area (TPSA) is 101 Å². The molecule has 20 heavy (non-hydrogen) atoms. The van der Waals surface area contributed by atoms with E-state index < -0.39 is 10.0 Å². The second-order valence-electron chi connectivity index (χ2n) is 4.57. The van der Waals surface area contributed by atoms with Gasteiger partial charge in [0.15, 0.2) is 0 Å². The zero-order valence-corrected chi connectivity index (χ0v) is 12.2. The third kappa shape index (κ3) is 3.00. The van der Waals surface area contributed by atoms with Crippen LogP contribution in [0.3, 0.4) is 0 Å². The molecule has 2 rings (SSSR count). The van der Waals surface area contributed by atoms with Crippen LogP contribution in [0, 0.1) is 6.92 Å². The number of hydrogen-bond donors (Lipinski definition) is 3. The van der Waals surface area contributed by atoms with E-state index in [4.69, 9.17) is 5.73 Å². The molecule has 0 fully saturated rings. The molecule has 0 saturated carbocycles. The van der Waals surface area contributed by atoms with E-state index >= 15 is 0 Å². The number of aryl methyl sites for hydroxylation is 1. The van der Waals surface area contributed by atoms with Crippen molar-refractivity contribution in [2.75, 3.05) is 5.73 Å². The molecule has 2 aromatic rings. The number of aromatic nitrogens is 2. The first-order valence-electron chi connectivity index (χ1n) is 6.31. The molecular formula is C13H18N4O2S. The molecule has 1 aromatic carbocycles. The summed E-state index contributed by atoms with van der Waals surface area (Å²) in [5, 5.41) is 0. The summed E-state index contributed by atoms with van der Waals surface area (Å²) in [7, 11) is -3.60. The number of aromatic amines is 1. The first kappa shape index (κ1) is 14.5. The Hall–Kier alpha value is -1.86. The van der Waals surface area contributed by atoms with E-state index in [2.05, 4.69) is 14.7 Å². The summed E-state index contributed by atoms with van der Waals surface area (Å²) in [5.74, 6) is 0.600. The highest BCUT2D eigenvalue weighted by Crippen LogP contribution is 2.20. The number of H-pyrrole nitrogens is 1. The maximum Gasteiger partial charge on any atom is 0.241 e. The number of rotatable bonds is 5. The molecule has 7 heteroatoms. The standard InChI is InChI=1S/C13H18N4O2S/c1-3-12(13-15-6-7-16-13)17-20(18,19)10-4-5-11(14)9(2)8-10/h4-8,12,17H,3,14H2,1-2H3,(H,15,16). The van der Waals surface area contributed by atoms with Gasteiger partial charge in [0.25, 0.3) is 0 Å². The van der Waals surface area contributed by atoms with Gasteiger partial charge >= 0.3 is 0 Å². The molecule has 6 nitrogen and oxygen atoms in total. The minimum absolute atomic E-state index is 0.203. The smallest absolute Gasteiger partial charge is 0.241 e. The van der Waals surface area contributed by atoms with E-state index in [1.54, 1.807) is 31.5 Å². The summed E-state index contributed by atoms with van der Waals surface area (Å²) in [5.41, 5.74) is 7.01. The highest BCUT2D eigenvalue weighted by molar-refractivity contribution is 7.89. The first-order valence-corrected chi connectivity index (χ1v) is 7.80. The monoisotopic (exact) mass is 294 g/mol. The van der Waals surface area contributed by atoms with Crippen LogP contribution < -0.4 is 10.5 Å². The molecule has 0 aliphatic rings. The van der Waals surface area contributed by atoms with Crippen LogP contribution in [0.4, 0.5) is 5.69 Å². The van der Waals surface area contributed by atoms with Gasteiger partial charge in [-0.15, -0.1) is 0 Å². The van der Waals surface area contributed by atoms with Gasteiger partial charge in [-0.05, 0) is 37.1 Å². The van der Waals surface area contributed by atoms with Crippen molar-refractivity contribution in [1.29, 1.82) is 0 Å². The van der Waals surface area contributed by atoms with Gasteiger partial charge in [-0.2, -0.15) is 0 Å². The number of imidazole rings is 1. The third-order valence-corrected chi connectivity index (χ3v) is 4.58. The Kier molecular flexibility index (Phi) is 4.10. The molecule has 0 spiro atoms. The maximum absolute atomic E-state index is 12.4. The molecule has 108 valence electrons. The molecule has 0 amide bonds. The minimum atomic E-state index is -3.60. The minimum Gasteiger partial charge on any atom is -0.399 e. The van der Waals surface area contributed by atoms with E-state index in [0.717, 1.165) is 5.56 Å². The summed E-state index contributed by atoms with van der Waals surface area (Å²) < 4.78 is 27.4. The van der Waals surface area contributed by atoms with Gasteiger partial charge in [0, 0.05) is 18.1 Å². The molecular weight excluding hydrogens is 276 g/mol. The lowest BCUT2D eigenvalue weighted by Crippen LogP contribution is -2.29. The fourth-order valence-electron chi connectivity index (χ4n) is 1.87. The Morgan fingerprint density at radius 3 is 2.75 bits per heavy atom. The van der Waals surface area contributed by atoms with Crippen molar-refractivity contribution in [1.82, 2.24) is 14.7 Å². The highest BCUT2D eigenvalue weighted by Gasteiger charge is 2.22. The quantitative estimate of drug-likeness (QED) is 0.731. The van der Waals surface area contributed by atoms with Crippen LogP contribution in [-0.2, 0) is 10.0 Å². The van der Waals surface area contributed by atoms with E-state index in [1.807, 2.05) is 6.92 Å². The van der Waals surface area contributed by atoms with Crippen LogP contribution in [0.25, 0.3) is 0 Å².